The third kappa shape index (κ3) is 9.62. The second-order valence-electron chi connectivity index (χ2n) is 4.75. The molecule has 0 bridgehead atoms. The molecule has 1 atom stereocenters. The maximum atomic E-state index is 11.5. The largest absolute Gasteiger partial charge is 0.468 e. The molecule has 0 rings (SSSR count). The Morgan fingerprint density at radius 1 is 1.22 bits per heavy atom. The molecule has 0 fully saturated rings. The zero-order valence-corrected chi connectivity index (χ0v) is 11.0. The van der Waals surface area contributed by atoms with Crippen molar-refractivity contribution in [2.45, 2.75) is 51.7 Å². The van der Waals surface area contributed by atoms with Gasteiger partial charge in [-0.3, -0.25) is 14.4 Å². The lowest BCUT2D eigenvalue weighted by molar-refractivity contribution is -0.159. The Morgan fingerprint density at radius 2 is 1.89 bits per heavy atom. The molecule has 0 saturated carbocycles. The lowest BCUT2D eigenvalue weighted by atomic mass is 10.1. The Morgan fingerprint density at radius 3 is 2.39 bits per heavy atom. The summed E-state index contributed by atoms with van der Waals surface area (Å²) in [6.45, 7) is 6.17. The minimum Gasteiger partial charge on any atom is -0.468 e. The number of ether oxygens (including phenoxy) is 3. The van der Waals surface area contributed by atoms with Crippen molar-refractivity contribution in [3.63, 3.8) is 0 Å². The first-order valence-electron chi connectivity index (χ1n) is 5.75. The van der Waals surface area contributed by atoms with E-state index in [-0.39, 0.29) is 13.0 Å². The molecule has 0 N–H and O–H groups in total. The van der Waals surface area contributed by atoms with Gasteiger partial charge in [0, 0.05) is 0 Å². The lowest BCUT2D eigenvalue weighted by Gasteiger charge is -2.21. The van der Waals surface area contributed by atoms with Crippen molar-refractivity contribution in [3.8, 4) is 0 Å². The first-order chi connectivity index (χ1) is 8.39. The predicted octanol–water partition coefficient (Wildman–Crippen LogP) is 1.21. The smallest absolute Gasteiger partial charge is 0.310 e. The third-order valence-corrected chi connectivity index (χ3v) is 1.92. The molecule has 0 saturated heterocycles. The number of hydrogen-bond donors (Lipinski definition) is 0. The maximum Gasteiger partial charge on any atom is 0.310 e. The van der Waals surface area contributed by atoms with Crippen LogP contribution in [0, 0.1) is 0 Å². The summed E-state index contributed by atoms with van der Waals surface area (Å²) in [5.41, 5.74) is -0.566. The Bertz CT molecular complexity index is 268. The minimum atomic E-state index is -0.566. The van der Waals surface area contributed by atoms with Gasteiger partial charge in [0.05, 0.1) is 13.0 Å². The monoisotopic (exact) mass is 260 g/mol. The van der Waals surface area contributed by atoms with Crippen molar-refractivity contribution in [2.24, 2.45) is 0 Å². The summed E-state index contributed by atoms with van der Waals surface area (Å²) < 4.78 is 14.4. The summed E-state index contributed by atoms with van der Waals surface area (Å²) in [4.78, 5) is 31.8. The average Bonchev–Trinajstić information content (AvgIpc) is 2.21. The highest BCUT2D eigenvalue weighted by atomic mass is 16.6. The van der Waals surface area contributed by atoms with E-state index in [9.17, 15) is 14.4 Å². The fourth-order valence-corrected chi connectivity index (χ4v) is 1.31. The molecule has 0 aromatic carbocycles. The summed E-state index contributed by atoms with van der Waals surface area (Å²) in [6, 6.07) is 0. The Balaban J connectivity index is 4.05. The molecule has 6 nitrogen and oxygen atoms in total. The van der Waals surface area contributed by atoms with Gasteiger partial charge in [-0.1, -0.05) is 0 Å². The molecule has 0 aromatic rings. The van der Waals surface area contributed by atoms with E-state index in [4.69, 9.17) is 9.47 Å². The summed E-state index contributed by atoms with van der Waals surface area (Å²) in [6.07, 6.45) is 0.399. The van der Waals surface area contributed by atoms with Crippen LogP contribution in [0.5, 0.6) is 0 Å². The fraction of sp³-hybridized carbons (Fsp3) is 0.750. The van der Waals surface area contributed by atoms with Gasteiger partial charge in [-0.15, -0.1) is 0 Å². The zero-order valence-electron chi connectivity index (χ0n) is 11.0. The van der Waals surface area contributed by atoms with Crippen LogP contribution in [0.15, 0.2) is 0 Å². The topological polar surface area (TPSA) is 78.9 Å². The molecule has 0 spiro atoms. The van der Waals surface area contributed by atoms with Gasteiger partial charge in [-0.05, 0) is 33.6 Å². The van der Waals surface area contributed by atoms with Gasteiger partial charge in [-0.25, -0.2) is 0 Å². The molecule has 0 heterocycles. The van der Waals surface area contributed by atoms with Crippen LogP contribution in [0.1, 0.15) is 40.0 Å². The summed E-state index contributed by atoms with van der Waals surface area (Å²) in [5.74, 6) is -0.425. The van der Waals surface area contributed by atoms with Crippen LogP contribution in [0.3, 0.4) is 0 Å². The normalized spacial score (nSPS) is 12.4. The van der Waals surface area contributed by atoms with Crippen LogP contribution in [0.25, 0.3) is 0 Å². The van der Waals surface area contributed by atoms with Gasteiger partial charge < -0.3 is 14.2 Å². The van der Waals surface area contributed by atoms with E-state index >= 15 is 0 Å². The van der Waals surface area contributed by atoms with E-state index < -0.39 is 17.7 Å². The van der Waals surface area contributed by atoms with Gasteiger partial charge in [0.15, 0.2) is 0 Å². The third-order valence-electron chi connectivity index (χ3n) is 1.92. The zero-order chi connectivity index (χ0) is 14.0. The second-order valence-corrected chi connectivity index (χ2v) is 4.75. The summed E-state index contributed by atoms with van der Waals surface area (Å²) in [5, 5.41) is 0. The van der Waals surface area contributed by atoms with E-state index in [1.54, 1.807) is 20.8 Å². The highest BCUT2D eigenvalue weighted by molar-refractivity contribution is 5.70. The van der Waals surface area contributed by atoms with Gasteiger partial charge in [0.2, 0.25) is 0 Å². The molecule has 0 aliphatic heterocycles. The molecule has 0 aliphatic rings. The first kappa shape index (κ1) is 16.4. The number of hydrogen-bond acceptors (Lipinski definition) is 6. The molecule has 0 amide bonds. The highest BCUT2D eigenvalue weighted by Gasteiger charge is 2.21. The van der Waals surface area contributed by atoms with Crippen LogP contribution in [-0.2, 0) is 28.6 Å². The number of esters is 1. The molecule has 104 valence electrons. The molecule has 1 unspecified atom stereocenters. The predicted molar refractivity (Wildman–Crippen MR) is 62.6 cm³/mol. The molecule has 0 aromatic heterocycles. The number of carbonyl (C=O) groups is 3. The van der Waals surface area contributed by atoms with E-state index in [2.05, 4.69) is 4.74 Å². The van der Waals surface area contributed by atoms with Crippen LogP contribution in [0.4, 0.5) is 0 Å². The van der Waals surface area contributed by atoms with Crippen LogP contribution >= 0.6 is 0 Å². The van der Waals surface area contributed by atoms with Crippen LogP contribution in [-0.4, -0.2) is 37.2 Å². The highest BCUT2D eigenvalue weighted by Crippen LogP contribution is 2.13. The van der Waals surface area contributed by atoms with Gasteiger partial charge >= 0.3 is 5.97 Å². The van der Waals surface area contributed by atoms with Gasteiger partial charge in [-0.2, -0.15) is 0 Å². The van der Waals surface area contributed by atoms with E-state index in [0.29, 0.717) is 25.8 Å². The van der Waals surface area contributed by atoms with Gasteiger partial charge in [0.1, 0.15) is 11.7 Å². The minimum absolute atomic E-state index is 0.00288. The SMILES string of the molecule is CC(C)(C)OC(=O)CC(CCCOC=O)OC=O. The lowest BCUT2D eigenvalue weighted by Crippen LogP contribution is -2.27. The molecule has 18 heavy (non-hydrogen) atoms. The quantitative estimate of drug-likeness (QED) is 0.268. The molecular formula is C12H20O6. The van der Waals surface area contributed by atoms with Crippen molar-refractivity contribution < 1.29 is 28.6 Å². The summed E-state index contributed by atoms with van der Waals surface area (Å²) in [7, 11) is 0. The van der Waals surface area contributed by atoms with E-state index in [1.807, 2.05) is 0 Å². The standard InChI is InChI=1S/C12H20O6/c1-12(2,3)18-11(15)7-10(17-9-14)5-4-6-16-8-13/h8-10H,4-7H2,1-3H3. The van der Waals surface area contributed by atoms with Crippen molar-refractivity contribution in [2.75, 3.05) is 6.61 Å². The molecular weight excluding hydrogens is 240 g/mol. The second kappa shape index (κ2) is 8.49. The number of carbonyl (C=O) groups excluding carboxylic acids is 3. The Kier molecular flexibility index (Phi) is 7.74. The molecule has 0 aliphatic carbocycles. The van der Waals surface area contributed by atoms with Crippen molar-refractivity contribution in [3.05, 3.63) is 0 Å². The molecule has 6 heteroatoms. The Labute approximate surface area is 107 Å². The van der Waals surface area contributed by atoms with E-state index in [1.165, 1.54) is 0 Å². The van der Waals surface area contributed by atoms with Gasteiger partial charge in [0.25, 0.3) is 12.9 Å². The molecule has 0 radical (unpaired) electrons. The van der Waals surface area contributed by atoms with Crippen LogP contribution in [0.2, 0.25) is 0 Å². The van der Waals surface area contributed by atoms with Crippen LogP contribution < -0.4 is 0 Å². The summed E-state index contributed by atoms with van der Waals surface area (Å²) >= 11 is 0. The first-order valence-corrected chi connectivity index (χ1v) is 5.75. The average molecular weight is 260 g/mol. The fourth-order valence-electron chi connectivity index (χ4n) is 1.31. The Hall–Kier alpha value is -1.59. The van der Waals surface area contributed by atoms with Crippen molar-refractivity contribution >= 4 is 18.9 Å². The maximum absolute atomic E-state index is 11.5. The van der Waals surface area contributed by atoms with Crippen molar-refractivity contribution in [1.82, 2.24) is 0 Å². The van der Waals surface area contributed by atoms with Crippen molar-refractivity contribution in [1.29, 1.82) is 0 Å². The number of rotatable bonds is 9. The van der Waals surface area contributed by atoms with E-state index in [0.717, 1.165) is 0 Å².